The Morgan fingerprint density at radius 2 is 1.76 bits per heavy atom. The zero-order valence-electron chi connectivity index (χ0n) is 17.6. The maximum atomic E-state index is 12.4. The Morgan fingerprint density at radius 3 is 2.61 bits per heavy atom. The summed E-state index contributed by atoms with van der Waals surface area (Å²) in [5, 5.41) is 19.7. The topological polar surface area (TPSA) is 73.7 Å². The highest BCUT2D eigenvalue weighted by atomic mass is 32.2. The fraction of sp³-hybridized carbons (Fsp3) is 0.0769. The molecule has 0 saturated carbocycles. The molecule has 0 unspecified atom stereocenters. The molecule has 4 aromatic rings. The van der Waals surface area contributed by atoms with Crippen LogP contribution in [0, 0.1) is 11.3 Å². The minimum atomic E-state index is -0.00656. The number of para-hydroxylation sites is 2. The third-order valence-electron chi connectivity index (χ3n) is 5.42. The lowest BCUT2D eigenvalue weighted by atomic mass is 10.1. The summed E-state index contributed by atoms with van der Waals surface area (Å²) in [5.74, 6) is 0.342. The van der Waals surface area contributed by atoms with Crippen LogP contribution in [0.15, 0.2) is 95.3 Å². The third kappa shape index (κ3) is 4.16. The van der Waals surface area contributed by atoms with Crippen LogP contribution in [-0.4, -0.2) is 27.6 Å². The van der Waals surface area contributed by atoms with Gasteiger partial charge in [-0.05, 0) is 29.8 Å². The molecule has 2 heterocycles. The van der Waals surface area contributed by atoms with Crippen LogP contribution in [0.1, 0.15) is 16.7 Å². The van der Waals surface area contributed by atoms with Crippen molar-refractivity contribution >= 4 is 45.6 Å². The van der Waals surface area contributed by atoms with E-state index < -0.39 is 0 Å². The highest BCUT2D eigenvalue weighted by Crippen LogP contribution is 2.27. The molecular weight excluding hydrogens is 430 g/mol. The average Bonchev–Trinajstić information content (AvgIpc) is 3.40. The molecule has 0 spiro atoms. The SMILES string of the molecule is N#Cc1ccccc1Cn1cc(C=NN=C2SCC(=O)N2c2ccccc2)c2ccccc21. The molecule has 1 amide bonds. The number of aromatic nitrogens is 1. The molecule has 0 radical (unpaired) electrons. The summed E-state index contributed by atoms with van der Waals surface area (Å²) < 4.78 is 2.12. The van der Waals surface area contributed by atoms with E-state index in [-0.39, 0.29) is 5.91 Å². The van der Waals surface area contributed by atoms with Crippen molar-refractivity contribution in [3.05, 3.63) is 102 Å². The van der Waals surface area contributed by atoms with E-state index in [1.807, 2.05) is 79.0 Å². The van der Waals surface area contributed by atoms with Crippen LogP contribution < -0.4 is 4.90 Å². The molecule has 1 aliphatic heterocycles. The third-order valence-corrected chi connectivity index (χ3v) is 6.33. The number of benzene rings is 3. The lowest BCUT2D eigenvalue weighted by Crippen LogP contribution is -2.28. The number of amidine groups is 1. The van der Waals surface area contributed by atoms with Gasteiger partial charge in [0.2, 0.25) is 5.91 Å². The first kappa shape index (κ1) is 20.7. The van der Waals surface area contributed by atoms with Crippen molar-refractivity contribution in [2.75, 3.05) is 10.7 Å². The molecule has 5 rings (SSSR count). The van der Waals surface area contributed by atoms with Gasteiger partial charge in [-0.25, -0.2) is 0 Å². The highest BCUT2D eigenvalue weighted by Gasteiger charge is 2.29. The average molecular weight is 450 g/mol. The summed E-state index contributed by atoms with van der Waals surface area (Å²) >= 11 is 1.38. The smallest absolute Gasteiger partial charge is 0.243 e. The number of carbonyl (C=O) groups is 1. The normalized spacial score (nSPS) is 15.1. The predicted molar refractivity (Wildman–Crippen MR) is 134 cm³/mol. The van der Waals surface area contributed by atoms with E-state index in [1.165, 1.54) is 11.8 Å². The number of fused-ring (bicyclic) bond motifs is 1. The second-order valence-corrected chi connectivity index (χ2v) is 8.42. The minimum absolute atomic E-state index is 0.00656. The van der Waals surface area contributed by atoms with Gasteiger partial charge in [0, 0.05) is 29.2 Å². The fourth-order valence-electron chi connectivity index (χ4n) is 3.87. The van der Waals surface area contributed by atoms with Crippen LogP contribution in [0.2, 0.25) is 0 Å². The molecule has 3 aromatic carbocycles. The second kappa shape index (κ2) is 9.15. The number of nitriles is 1. The lowest BCUT2D eigenvalue weighted by Gasteiger charge is -2.14. The van der Waals surface area contributed by atoms with Gasteiger partial charge in [-0.1, -0.05) is 66.4 Å². The molecule has 1 aliphatic rings. The molecule has 7 heteroatoms. The molecule has 0 bridgehead atoms. The van der Waals surface area contributed by atoms with Crippen molar-refractivity contribution < 1.29 is 4.79 Å². The van der Waals surface area contributed by atoms with Crippen molar-refractivity contribution in [3.8, 4) is 6.07 Å². The van der Waals surface area contributed by atoms with Gasteiger partial charge < -0.3 is 4.57 Å². The number of anilines is 1. The Bertz CT molecular complexity index is 1430. The quantitative estimate of drug-likeness (QED) is 0.317. The van der Waals surface area contributed by atoms with Crippen LogP contribution in [-0.2, 0) is 11.3 Å². The van der Waals surface area contributed by atoms with Crippen LogP contribution >= 0.6 is 11.8 Å². The number of amides is 1. The van der Waals surface area contributed by atoms with Gasteiger partial charge >= 0.3 is 0 Å². The number of carbonyl (C=O) groups excluding carboxylic acids is 1. The molecule has 1 fully saturated rings. The number of hydrogen-bond acceptors (Lipinski definition) is 5. The van der Waals surface area contributed by atoms with E-state index in [0.29, 0.717) is 23.0 Å². The van der Waals surface area contributed by atoms with E-state index in [4.69, 9.17) is 0 Å². The first-order valence-electron chi connectivity index (χ1n) is 10.4. The molecule has 6 nitrogen and oxygen atoms in total. The van der Waals surface area contributed by atoms with Gasteiger partial charge in [-0.3, -0.25) is 9.69 Å². The van der Waals surface area contributed by atoms with Crippen molar-refractivity contribution in [2.45, 2.75) is 6.54 Å². The molecule has 0 atom stereocenters. The van der Waals surface area contributed by atoms with Gasteiger partial charge in [-0.2, -0.15) is 10.4 Å². The monoisotopic (exact) mass is 449 g/mol. The number of rotatable bonds is 5. The van der Waals surface area contributed by atoms with Gasteiger partial charge in [0.1, 0.15) is 0 Å². The molecule has 0 aliphatic carbocycles. The Morgan fingerprint density at radius 1 is 1.00 bits per heavy atom. The van der Waals surface area contributed by atoms with E-state index in [0.717, 1.165) is 27.7 Å². The fourth-order valence-corrected chi connectivity index (χ4v) is 4.69. The molecule has 160 valence electrons. The maximum absolute atomic E-state index is 12.4. The van der Waals surface area contributed by atoms with Crippen LogP contribution in [0.3, 0.4) is 0 Å². The molecule has 33 heavy (non-hydrogen) atoms. The molecular formula is C26H19N5OS. The summed E-state index contributed by atoms with van der Waals surface area (Å²) in [4.78, 5) is 14.0. The second-order valence-electron chi connectivity index (χ2n) is 7.48. The Kier molecular flexibility index (Phi) is 5.75. The standard InChI is InChI=1S/C26H19N5OS/c27-14-19-8-4-5-9-20(19)16-30-17-21(23-12-6-7-13-24(23)30)15-28-29-26-31(25(32)18-33-26)22-10-2-1-3-11-22/h1-13,15,17H,16,18H2. The van der Waals surface area contributed by atoms with E-state index >= 15 is 0 Å². The Labute approximate surface area is 195 Å². The predicted octanol–water partition coefficient (Wildman–Crippen LogP) is 5.03. The highest BCUT2D eigenvalue weighted by molar-refractivity contribution is 8.15. The molecule has 0 N–H and O–H groups in total. The molecule has 1 saturated heterocycles. The maximum Gasteiger partial charge on any atom is 0.243 e. The summed E-state index contributed by atoms with van der Waals surface area (Å²) in [7, 11) is 0. The van der Waals surface area contributed by atoms with Gasteiger partial charge in [-0.15, -0.1) is 5.10 Å². The van der Waals surface area contributed by atoms with Crippen molar-refractivity contribution in [1.29, 1.82) is 5.26 Å². The minimum Gasteiger partial charge on any atom is -0.342 e. The Balaban J connectivity index is 1.46. The van der Waals surface area contributed by atoms with E-state index in [2.05, 4.69) is 26.9 Å². The van der Waals surface area contributed by atoms with Crippen molar-refractivity contribution in [3.63, 3.8) is 0 Å². The first-order chi connectivity index (χ1) is 16.2. The molecule has 1 aromatic heterocycles. The summed E-state index contributed by atoms with van der Waals surface area (Å²) in [6, 6.07) is 27.4. The zero-order valence-corrected chi connectivity index (χ0v) is 18.4. The zero-order chi connectivity index (χ0) is 22.6. The van der Waals surface area contributed by atoms with Crippen molar-refractivity contribution in [2.24, 2.45) is 10.2 Å². The number of hydrogen-bond donors (Lipinski definition) is 0. The van der Waals surface area contributed by atoms with Gasteiger partial charge in [0.15, 0.2) is 5.17 Å². The number of nitrogens with zero attached hydrogens (tertiary/aromatic N) is 5. The van der Waals surface area contributed by atoms with Gasteiger partial charge in [0.25, 0.3) is 0 Å². The summed E-state index contributed by atoms with van der Waals surface area (Å²) in [6.45, 7) is 0.582. The van der Waals surface area contributed by atoms with Crippen LogP contribution in [0.5, 0.6) is 0 Å². The van der Waals surface area contributed by atoms with Gasteiger partial charge in [0.05, 0.1) is 29.3 Å². The Hall–Kier alpha value is -4.15. The first-order valence-corrected chi connectivity index (χ1v) is 11.4. The summed E-state index contributed by atoms with van der Waals surface area (Å²) in [6.07, 6.45) is 3.74. The van der Waals surface area contributed by atoms with Crippen LogP contribution in [0.4, 0.5) is 5.69 Å². The lowest BCUT2D eigenvalue weighted by molar-refractivity contribution is -0.115. The largest absolute Gasteiger partial charge is 0.342 e. The van der Waals surface area contributed by atoms with E-state index in [9.17, 15) is 10.1 Å². The van der Waals surface area contributed by atoms with Crippen molar-refractivity contribution in [1.82, 2.24) is 4.57 Å². The van der Waals surface area contributed by atoms with Crippen LogP contribution in [0.25, 0.3) is 10.9 Å². The van der Waals surface area contributed by atoms with E-state index in [1.54, 1.807) is 11.1 Å². The summed E-state index contributed by atoms with van der Waals surface area (Å²) in [5.41, 5.74) is 4.39. The number of thioether (sulfide) groups is 1.